The van der Waals surface area contributed by atoms with Gasteiger partial charge in [0.15, 0.2) is 11.5 Å². The number of carbonyl (C=O) groups excluding carboxylic acids is 1. The molecule has 1 atom stereocenters. The first kappa shape index (κ1) is 17.8. The smallest absolute Gasteiger partial charge is 0.251 e. The Morgan fingerprint density at radius 3 is 2.70 bits per heavy atom. The Labute approximate surface area is 157 Å². The molecule has 2 heterocycles. The third kappa shape index (κ3) is 3.50. The second kappa shape index (κ2) is 7.21. The van der Waals surface area contributed by atoms with Gasteiger partial charge in [-0.25, -0.2) is 8.42 Å². The van der Waals surface area contributed by atoms with E-state index < -0.39 is 10.0 Å². The first-order valence-electron chi connectivity index (χ1n) is 8.80. The van der Waals surface area contributed by atoms with Crippen molar-refractivity contribution < 1.29 is 22.7 Å². The number of amides is 1. The van der Waals surface area contributed by atoms with E-state index in [9.17, 15) is 13.2 Å². The predicted molar refractivity (Wildman–Crippen MR) is 98.3 cm³/mol. The van der Waals surface area contributed by atoms with Crippen LogP contribution in [0.15, 0.2) is 53.4 Å². The van der Waals surface area contributed by atoms with Gasteiger partial charge in [-0.15, -0.1) is 0 Å². The number of rotatable bonds is 5. The van der Waals surface area contributed by atoms with Crippen molar-refractivity contribution in [3.05, 3.63) is 54.1 Å². The third-order valence-corrected chi connectivity index (χ3v) is 6.77. The number of benzene rings is 2. The molecule has 0 radical (unpaired) electrons. The first-order valence-corrected chi connectivity index (χ1v) is 10.2. The standard InChI is InChI=1S/C19H20N2O5S/c22-19(14-8-9-17-18(11-14)26-13-25-17)20-12-15-5-4-10-21(15)27(23,24)16-6-2-1-3-7-16/h1-3,6-9,11,15H,4-5,10,12-13H2,(H,20,22)/t15-/m1/s1. The number of fused-ring (bicyclic) bond motifs is 1. The zero-order chi connectivity index (χ0) is 18.9. The summed E-state index contributed by atoms with van der Waals surface area (Å²) in [6.07, 6.45) is 1.49. The van der Waals surface area contributed by atoms with E-state index in [0.29, 0.717) is 30.0 Å². The average molecular weight is 388 g/mol. The molecule has 0 bridgehead atoms. The number of sulfonamides is 1. The summed E-state index contributed by atoms with van der Waals surface area (Å²) in [6, 6.07) is 13.1. The highest BCUT2D eigenvalue weighted by atomic mass is 32.2. The van der Waals surface area contributed by atoms with Gasteiger partial charge in [-0.05, 0) is 43.2 Å². The molecule has 2 aliphatic heterocycles. The predicted octanol–water partition coefficient (Wildman–Crippen LogP) is 2.00. The molecule has 2 aliphatic rings. The second-order valence-electron chi connectivity index (χ2n) is 6.50. The molecule has 1 fully saturated rings. The topological polar surface area (TPSA) is 84.9 Å². The Bertz CT molecular complexity index is 946. The van der Waals surface area contributed by atoms with Crippen molar-refractivity contribution in [3.63, 3.8) is 0 Å². The van der Waals surface area contributed by atoms with Crippen LogP contribution in [-0.4, -0.2) is 44.6 Å². The van der Waals surface area contributed by atoms with Crippen molar-refractivity contribution in [3.8, 4) is 11.5 Å². The summed E-state index contributed by atoms with van der Waals surface area (Å²) in [5.41, 5.74) is 0.453. The third-order valence-electron chi connectivity index (χ3n) is 4.81. The Morgan fingerprint density at radius 2 is 1.89 bits per heavy atom. The summed E-state index contributed by atoms with van der Waals surface area (Å²) in [4.78, 5) is 12.7. The summed E-state index contributed by atoms with van der Waals surface area (Å²) in [7, 11) is -3.56. The van der Waals surface area contributed by atoms with Crippen LogP contribution in [0.25, 0.3) is 0 Å². The average Bonchev–Trinajstić information content (AvgIpc) is 3.35. The molecule has 7 nitrogen and oxygen atoms in total. The Balaban J connectivity index is 1.44. The zero-order valence-corrected chi connectivity index (χ0v) is 15.4. The maximum Gasteiger partial charge on any atom is 0.251 e. The van der Waals surface area contributed by atoms with Gasteiger partial charge >= 0.3 is 0 Å². The Morgan fingerprint density at radius 1 is 1.11 bits per heavy atom. The van der Waals surface area contributed by atoms with E-state index in [2.05, 4.69) is 5.32 Å². The lowest BCUT2D eigenvalue weighted by Gasteiger charge is -2.24. The number of nitrogens with one attached hydrogen (secondary N) is 1. The van der Waals surface area contributed by atoms with Gasteiger partial charge in [0.05, 0.1) is 4.90 Å². The molecule has 1 N–H and O–H groups in total. The number of hydrogen-bond donors (Lipinski definition) is 1. The molecule has 4 rings (SSSR count). The molecule has 0 unspecified atom stereocenters. The van der Waals surface area contributed by atoms with Crippen LogP contribution in [0.3, 0.4) is 0 Å². The zero-order valence-electron chi connectivity index (χ0n) is 14.6. The van der Waals surface area contributed by atoms with Crippen molar-refractivity contribution in [1.29, 1.82) is 0 Å². The van der Waals surface area contributed by atoms with Crippen molar-refractivity contribution in [2.75, 3.05) is 19.9 Å². The van der Waals surface area contributed by atoms with Crippen LogP contribution in [0.1, 0.15) is 23.2 Å². The lowest BCUT2D eigenvalue weighted by Crippen LogP contribution is -2.43. The van der Waals surface area contributed by atoms with Gasteiger partial charge in [0.2, 0.25) is 16.8 Å². The lowest BCUT2D eigenvalue weighted by atomic mass is 10.1. The summed E-state index contributed by atoms with van der Waals surface area (Å²) >= 11 is 0. The monoisotopic (exact) mass is 388 g/mol. The van der Waals surface area contributed by atoms with Crippen molar-refractivity contribution >= 4 is 15.9 Å². The minimum atomic E-state index is -3.56. The van der Waals surface area contributed by atoms with Gasteiger partial charge in [-0.3, -0.25) is 4.79 Å². The van der Waals surface area contributed by atoms with Gasteiger partial charge in [0, 0.05) is 24.7 Å². The van der Waals surface area contributed by atoms with E-state index in [1.165, 1.54) is 4.31 Å². The minimum absolute atomic E-state index is 0.148. The van der Waals surface area contributed by atoms with Gasteiger partial charge in [-0.2, -0.15) is 4.31 Å². The van der Waals surface area contributed by atoms with Crippen molar-refractivity contribution in [1.82, 2.24) is 9.62 Å². The van der Waals surface area contributed by atoms with E-state index in [4.69, 9.17) is 9.47 Å². The van der Waals surface area contributed by atoms with E-state index in [-0.39, 0.29) is 30.2 Å². The van der Waals surface area contributed by atoms with Crippen LogP contribution in [0.2, 0.25) is 0 Å². The quantitative estimate of drug-likeness (QED) is 0.847. The number of carbonyl (C=O) groups is 1. The summed E-state index contributed by atoms with van der Waals surface area (Å²) in [5, 5.41) is 2.84. The van der Waals surface area contributed by atoms with Crippen LogP contribution in [0.5, 0.6) is 11.5 Å². The fourth-order valence-electron chi connectivity index (χ4n) is 3.41. The lowest BCUT2D eigenvalue weighted by molar-refractivity contribution is 0.0946. The van der Waals surface area contributed by atoms with Crippen molar-refractivity contribution in [2.24, 2.45) is 0 Å². The maximum atomic E-state index is 12.9. The summed E-state index contributed by atoms with van der Waals surface area (Å²) in [6.45, 7) is 0.871. The Hall–Kier alpha value is -2.58. The molecule has 2 aromatic carbocycles. The highest BCUT2D eigenvalue weighted by molar-refractivity contribution is 7.89. The van der Waals surface area contributed by atoms with Crippen LogP contribution in [0, 0.1) is 0 Å². The number of nitrogens with zero attached hydrogens (tertiary/aromatic N) is 1. The molecule has 0 aromatic heterocycles. The van der Waals surface area contributed by atoms with E-state index in [1.54, 1.807) is 48.5 Å². The van der Waals surface area contributed by atoms with E-state index >= 15 is 0 Å². The highest BCUT2D eigenvalue weighted by Crippen LogP contribution is 2.32. The maximum absolute atomic E-state index is 12.9. The number of ether oxygens (including phenoxy) is 2. The van der Waals surface area contributed by atoms with Crippen molar-refractivity contribution in [2.45, 2.75) is 23.8 Å². The molecule has 0 saturated carbocycles. The molecule has 27 heavy (non-hydrogen) atoms. The molecule has 2 aromatic rings. The molecule has 1 amide bonds. The van der Waals surface area contributed by atoms with Crippen LogP contribution in [0.4, 0.5) is 0 Å². The van der Waals surface area contributed by atoms with Gasteiger partial charge in [0.25, 0.3) is 5.91 Å². The SMILES string of the molecule is O=C(NC[C@H]1CCCN1S(=O)(=O)c1ccccc1)c1ccc2c(c1)OCO2. The molecule has 1 saturated heterocycles. The highest BCUT2D eigenvalue weighted by Gasteiger charge is 2.35. The fraction of sp³-hybridized carbons (Fsp3) is 0.316. The molecular weight excluding hydrogens is 368 g/mol. The van der Waals surface area contributed by atoms with Gasteiger partial charge < -0.3 is 14.8 Å². The molecular formula is C19H20N2O5S. The number of hydrogen-bond acceptors (Lipinski definition) is 5. The Kier molecular flexibility index (Phi) is 4.75. The largest absolute Gasteiger partial charge is 0.454 e. The molecule has 0 spiro atoms. The molecule has 142 valence electrons. The first-order chi connectivity index (χ1) is 13.1. The summed E-state index contributed by atoms with van der Waals surface area (Å²) in [5.74, 6) is 0.886. The normalized spacial score (nSPS) is 19.2. The molecule has 8 heteroatoms. The van der Waals surface area contributed by atoms with E-state index in [1.807, 2.05) is 0 Å². The van der Waals surface area contributed by atoms with E-state index in [0.717, 1.165) is 6.42 Å². The molecule has 0 aliphatic carbocycles. The van der Waals surface area contributed by atoms with Gasteiger partial charge in [-0.1, -0.05) is 18.2 Å². The van der Waals surface area contributed by atoms with Crippen LogP contribution in [-0.2, 0) is 10.0 Å². The van der Waals surface area contributed by atoms with Crippen LogP contribution < -0.4 is 14.8 Å². The second-order valence-corrected chi connectivity index (χ2v) is 8.39. The minimum Gasteiger partial charge on any atom is -0.454 e. The fourth-order valence-corrected chi connectivity index (χ4v) is 5.12. The van der Waals surface area contributed by atoms with Gasteiger partial charge in [0.1, 0.15) is 0 Å². The van der Waals surface area contributed by atoms with Crippen LogP contribution >= 0.6 is 0 Å². The summed E-state index contributed by atoms with van der Waals surface area (Å²) < 4.78 is 37.8.